The first-order valence-electron chi connectivity index (χ1n) is 4.16. The van der Waals surface area contributed by atoms with Crippen molar-refractivity contribution in [3.05, 3.63) is 35.9 Å². The van der Waals surface area contributed by atoms with Gasteiger partial charge in [-0.2, -0.15) is 0 Å². The van der Waals surface area contributed by atoms with Gasteiger partial charge in [0.25, 0.3) is 0 Å². The Labute approximate surface area is 99.9 Å². The summed E-state index contributed by atoms with van der Waals surface area (Å²) < 4.78 is 5.06. The van der Waals surface area contributed by atoms with Crippen LogP contribution in [0, 0.1) is 0 Å². The highest BCUT2D eigenvalue weighted by molar-refractivity contribution is 9.12. The van der Waals surface area contributed by atoms with Crippen LogP contribution in [0.2, 0.25) is 0 Å². The molecule has 0 heterocycles. The fourth-order valence-electron chi connectivity index (χ4n) is 0.868. The van der Waals surface area contributed by atoms with Gasteiger partial charge in [-0.3, -0.25) is 0 Å². The summed E-state index contributed by atoms with van der Waals surface area (Å²) >= 11 is 6.64. The molecular formula is C10H10Br2O2. The monoisotopic (exact) mass is 320 g/mol. The van der Waals surface area contributed by atoms with Gasteiger partial charge in [-0.05, 0) is 12.1 Å². The Hall–Kier alpha value is -0.350. The van der Waals surface area contributed by atoms with Crippen LogP contribution in [0.5, 0.6) is 0 Å². The Morgan fingerprint density at radius 2 is 2.00 bits per heavy atom. The van der Waals surface area contributed by atoms with Crippen LogP contribution in [0.3, 0.4) is 0 Å². The molecule has 0 radical (unpaired) electrons. The van der Waals surface area contributed by atoms with E-state index in [1.807, 2.05) is 18.2 Å². The van der Waals surface area contributed by atoms with Gasteiger partial charge in [0.2, 0.25) is 0 Å². The van der Waals surface area contributed by atoms with Gasteiger partial charge in [-0.1, -0.05) is 50.1 Å². The van der Waals surface area contributed by atoms with E-state index in [2.05, 4.69) is 31.9 Å². The quantitative estimate of drug-likeness (QED) is 0.629. The Bertz CT molecular complexity index is 287. The molecule has 0 amide bonds. The lowest BCUT2D eigenvalue weighted by Crippen LogP contribution is -2.14. The fourth-order valence-corrected chi connectivity index (χ4v) is 1.19. The molecule has 0 saturated heterocycles. The molecular weight excluding hydrogens is 312 g/mol. The first-order chi connectivity index (χ1) is 6.74. The Morgan fingerprint density at radius 1 is 1.36 bits per heavy atom. The summed E-state index contributed by atoms with van der Waals surface area (Å²) in [4.78, 5) is 11.6. The van der Waals surface area contributed by atoms with Gasteiger partial charge >= 0.3 is 5.97 Å². The topological polar surface area (TPSA) is 26.3 Å². The third-order valence-electron chi connectivity index (χ3n) is 1.57. The molecule has 14 heavy (non-hydrogen) atoms. The first-order valence-corrected chi connectivity index (χ1v) is 6.20. The summed E-state index contributed by atoms with van der Waals surface area (Å²) in [5.74, 6) is -0.281. The van der Waals surface area contributed by atoms with Crippen molar-refractivity contribution in [2.45, 2.75) is 4.83 Å². The minimum Gasteiger partial charge on any atom is -0.461 e. The number of ether oxygens (including phenoxy) is 1. The van der Waals surface area contributed by atoms with Crippen molar-refractivity contribution in [3.63, 3.8) is 0 Å². The highest BCUT2D eigenvalue weighted by Crippen LogP contribution is 2.06. The summed E-state index contributed by atoms with van der Waals surface area (Å²) in [6, 6.07) is 8.96. The molecule has 1 rings (SSSR count). The minimum atomic E-state index is -0.281. The number of carbonyl (C=O) groups excluding carboxylic acids is 1. The second-order valence-corrected chi connectivity index (χ2v) is 4.66. The summed E-state index contributed by atoms with van der Waals surface area (Å²) in [7, 11) is 0. The second-order valence-electron chi connectivity index (χ2n) is 2.72. The van der Waals surface area contributed by atoms with Crippen molar-refractivity contribution in [2.24, 2.45) is 0 Å². The Balaban J connectivity index is 2.44. The van der Waals surface area contributed by atoms with Crippen LogP contribution in [0.4, 0.5) is 0 Å². The van der Waals surface area contributed by atoms with Crippen molar-refractivity contribution >= 4 is 37.8 Å². The third kappa shape index (κ3) is 3.80. The van der Waals surface area contributed by atoms with Gasteiger partial charge in [0.15, 0.2) is 0 Å². The van der Waals surface area contributed by atoms with Crippen LogP contribution in [0.25, 0.3) is 0 Å². The normalized spacial score (nSPS) is 12.1. The lowest BCUT2D eigenvalue weighted by Gasteiger charge is -2.07. The highest BCUT2D eigenvalue weighted by atomic mass is 79.9. The molecule has 0 fully saturated rings. The molecule has 0 aromatic heterocycles. The van der Waals surface area contributed by atoms with E-state index in [4.69, 9.17) is 4.74 Å². The van der Waals surface area contributed by atoms with E-state index in [0.29, 0.717) is 12.2 Å². The van der Waals surface area contributed by atoms with E-state index >= 15 is 0 Å². The van der Waals surface area contributed by atoms with Crippen molar-refractivity contribution in [2.75, 3.05) is 11.9 Å². The van der Waals surface area contributed by atoms with Crippen LogP contribution in [0.15, 0.2) is 30.3 Å². The average Bonchev–Trinajstić information content (AvgIpc) is 2.26. The van der Waals surface area contributed by atoms with Gasteiger partial charge in [0.05, 0.1) is 10.4 Å². The molecule has 1 aromatic carbocycles. The zero-order valence-electron chi connectivity index (χ0n) is 7.45. The SMILES string of the molecule is O=C(OCC(Br)CBr)c1ccccc1. The van der Waals surface area contributed by atoms with Gasteiger partial charge < -0.3 is 4.74 Å². The molecule has 0 aliphatic rings. The predicted molar refractivity (Wildman–Crippen MR) is 63.2 cm³/mol. The molecule has 76 valence electrons. The van der Waals surface area contributed by atoms with E-state index in [0.717, 1.165) is 5.33 Å². The number of alkyl halides is 2. The number of hydrogen-bond acceptors (Lipinski definition) is 2. The smallest absolute Gasteiger partial charge is 0.338 e. The number of carbonyl (C=O) groups is 1. The molecule has 1 aromatic rings. The zero-order chi connectivity index (χ0) is 10.4. The molecule has 0 N–H and O–H groups in total. The van der Waals surface area contributed by atoms with Gasteiger partial charge in [-0.25, -0.2) is 4.79 Å². The largest absolute Gasteiger partial charge is 0.461 e. The van der Waals surface area contributed by atoms with Crippen molar-refractivity contribution in [1.29, 1.82) is 0 Å². The maximum absolute atomic E-state index is 11.4. The molecule has 0 aliphatic carbocycles. The molecule has 1 unspecified atom stereocenters. The van der Waals surface area contributed by atoms with E-state index in [-0.39, 0.29) is 10.8 Å². The van der Waals surface area contributed by atoms with Crippen molar-refractivity contribution in [3.8, 4) is 0 Å². The van der Waals surface area contributed by atoms with E-state index in [1.54, 1.807) is 12.1 Å². The maximum Gasteiger partial charge on any atom is 0.338 e. The van der Waals surface area contributed by atoms with Crippen LogP contribution >= 0.6 is 31.9 Å². The molecule has 2 nitrogen and oxygen atoms in total. The number of rotatable bonds is 4. The number of esters is 1. The molecule has 4 heteroatoms. The van der Waals surface area contributed by atoms with Crippen LogP contribution in [-0.4, -0.2) is 22.7 Å². The maximum atomic E-state index is 11.4. The van der Waals surface area contributed by atoms with E-state index in [9.17, 15) is 4.79 Å². The zero-order valence-corrected chi connectivity index (χ0v) is 10.6. The minimum absolute atomic E-state index is 0.162. The molecule has 1 atom stereocenters. The Morgan fingerprint density at radius 3 is 2.57 bits per heavy atom. The molecule has 0 saturated carbocycles. The van der Waals surface area contributed by atoms with Crippen molar-refractivity contribution in [1.82, 2.24) is 0 Å². The summed E-state index contributed by atoms with van der Waals surface area (Å²) in [5, 5.41) is 0.759. The second kappa shape index (κ2) is 6.19. The lowest BCUT2D eigenvalue weighted by molar-refractivity contribution is 0.0513. The van der Waals surface area contributed by atoms with Crippen LogP contribution < -0.4 is 0 Å². The van der Waals surface area contributed by atoms with E-state index in [1.165, 1.54) is 0 Å². The standard InChI is InChI=1S/C10H10Br2O2/c11-6-9(12)7-14-10(13)8-4-2-1-3-5-8/h1-5,9H,6-7H2. The van der Waals surface area contributed by atoms with E-state index < -0.39 is 0 Å². The summed E-state index contributed by atoms with van der Waals surface area (Å²) in [5.41, 5.74) is 0.585. The van der Waals surface area contributed by atoms with Gasteiger partial charge in [0.1, 0.15) is 6.61 Å². The average molecular weight is 322 g/mol. The molecule has 0 spiro atoms. The van der Waals surface area contributed by atoms with Crippen LogP contribution in [0.1, 0.15) is 10.4 Å². The summed E-state index contributed by atoms with van der Waals surface area (Å²) in [6.45, 7) is 0.374. The fraction of sp³-hybridized carbons (Fsp3) is 0.300. The number of hydrogen-bond donors (Lipinski definition) is 0. The van der Waals surface area contributed by atoms with Crippen molar-refractivity contribution < 1.29 is 9.53 Å². The van der Waals surface area contributed by atoms with Crippen LogP contribution in [-0.2, 0) is 4.74 Å². The summed E-state index contributed by atoms with van der Waals surface area (Å²) in [6.07, 6.45) is 0. The molecule has 0 aliphatic heterocycles. The third-order valence-corrected chi connectivity index (χ3v) is 3.81. The lowest BCUT2D eigenvalue weighted by atomic mass is 10.2. The van der Waals surface area contributed by atoms with Gasteiger partial charge in [0, 0.05) is 5.33 Å². The number of halogens is 2. The predicted octanol–water partition coefficient (Wildman–Crippen LogP) is 3.00. The highest BCUT2D eigenvalue weighted by Gasteiger charge is 2.08. The van der Waals surface area contributed by atoms with Gasteiger partial charge in [-0.15, -0.1) is 0 Å². The molecule has 0 bridgehead atoms. The first kappa shape index (κ1) is 11.7. The Kier molecular flexibility index (Phi) is 5.19. The number of benzene rings is 1.